The quantitative estimate of drug-likeness (QED) is 0.901. The summed E-state index contributed by atoms with van der Waals surface area (Å²) >= 11 is 1.79. The van der Waals surface area contributed by atoms with Crippen molar-refractivity contribution in [2.24, 2.45) is 5.16 Å². The van der Waals surface area contributed by atoms with Crippen molar-refractivity contribution in [2.75, 3.05) is 6.54 Å². The van der Waals surface area contributed by atoms with E-state index in [1.807, 2.05) is 6.92 Å². The molecule has 1 N–H and O–H groups in total. The van der Waals surface area contributed by atoms with E-state index in [9.17, 15) is 4.79 Å². The highest BCUT2D eigenvalue weighted by atomic mass is 32.1. The molecule has 0 spiro atoms. The highest BCUT2D eigenvalue weighted by Gasteiger charge is 2.26. The number of thiazole rings is 1. The molecular formula is C14H19N3O2S. The Kier molecular flexibility index (Phi) is 4.00. The first-order chi connectivity index (χ1) is 9.76. The third-order valence-corrected chi connectivity index (χ3v) is 4.93. The summed E-state index contributed by atoms with van der Waals surface area (Å²) in [5.41, 5.74) is 2.23. The number of carbonyl (C=O) groups excluding carboxylic acids is 1. The third-order valence-electron chi connectivity index (χ3n) is 3.71. The SMILES string of the molecule is CCC1=NO[C@@H](C(=O)NCCc2nc3c(s2)CCC3)C1. The molecule has 1 amide bonds. The van der Waals surface area contributed by atoms with Crippen LogP contribution in [0.2, 0.25) is 0 Å². The first-order valence-corrected chi connectivity index (χ1v) is 8.04. The predicted octanol–water partition coefficient (Wildman–Crippen LogP) is 1.85. The molecule has 0 radical (unpaired) electrons. The zero-order valence-electron chi connectivity index (χ0n) is 11.6. The largest absolute Gasteiger partial charge is 0.382 e. The van der Waals surface area contributed by atoms with Crippen LogP contribution in [0.15, 0.2) is 5.16 Å². The maximum atomic E-state index is 11.9. The molecule has 5 nitrogen and oxygen atoms in total. The van der Waals surface area contributed by atoms with Crippen LogP contribution in [0.25, 0.3) is 0 Å². The normalized spacial score (nSPS) is 20.4. The van der Waals surface area contributed by atoms with Crippen LogP contribution in [0.1, 0.15) is 41.8 Å². The average molecular weight is 293 g/mol. The first-order valence-electron chi connectivity index (χ1n) is 7.23. The zero-order chi connectivity index (χ0) is 13.9. The van der Waals surface area contributed by atoms with E-state index in [0.29, 0.717) is 13.0 Å². The molecule has 2 heterocycles. The van der Waals surface area contributed by atoms with Crippen molar-refractivity contribution in [3.63, 3.8) is 0 Å². The minimum atomic E-state index is -0.439. The van der Waals surface area contributed by atoms with Crippen LogP contribution in [-0.2, 0) is 28.9 Å². The highest BCUT2D eigenvalue weighted by Crippen LogP contribution is 2.27. The Morgan fingerprint density at radius 3 is 3.15 bits per heavy atom. The first kappa shape index (κ1) is 13.5. The molecule has 1 aromatic rings. The molecule has 0 saturated carbocycles. The van der Waals surface area contributed by atoms with E-state index in [4.69, 9.17) is 4.84 Å². The van der Waals surface area contributed by atoms with Crippen molar-refractivity contribution in [2.45, 2.75) is 51.6 Å². The van der Waals surface area contributed by atoms with Gasteiger partial charge in [-0.05, 0) is 25.7 Å². The molecule has 0 aromatic carbocycles. The molecule has 20 heavy (non-hydrogen) atoms. The van der Waals surface area contributed by atoms with Crippen LogP contribution in [0.4, 0.5) is 0 Å². The number of fused-ring (bicyclic) bond motifs is 1. The van der Waals surface area contributed by atoms with E-state index in [2.05, 4.69) is 15.5 Å². The summed E-state index contributed by atoms with van der Waals surface area (Å²) in [5.74, 6) is -0.0682. The number of amides is 1. The van der Waals surface area contributed by atoms with Gasteiger partial charge in [0.1, 0.15) is 0 Å². The Balaban J connectivity index is 1.42. The Hall–Kier alpha value is -1.43. The lowest BCUT2D eigenvalue weighted by atomic mass is 10.1. The van der Waals surface area contributed by atoms with Gasteiger partial charge in [-0.2, -0.15) is 0 Å². The van der Waals surface area contributed by atoms with Gasteiger partial charge < -0.3 is 10.2 Å². The number of oxime groups is 1. The number of nitrogens with zero attached hydrogens (tertiary/aromatic N) is 2. The second-order valence-electron chi connectivity index (χ2n) is 5.18. The van der Waals surface area contributed by atoms with Crippen LogP contribution < -0.4 is 5.32 Å². The van der Waals surface area contributed by atoms with Crippen LogP contribution in [0.3, 0.4) is 0 Å². The van der Waals surface area contributed by atoms with E-state index in [1.54, 1.807) is 11.3 Å². The molecule has 1 aliphatic heterocycles. The van der Waals surface area contributed by atoms with Gasteiger partial charge in [0.25, 0.3) is 5.91 Å². The van der Waals surface area contributed by atoms with Crippen molar-refractivity contribution in [3.8, 4) is 0 Å². The molecule has 1 aromatic heterocycles. The topological polar surface area (TPSA) is 63.6 Å². The monoisotopic (exact) mass is 293 g/mol. The predicted molar refractivity (Wildman–Crippen MR) is 78.1 cm³/mol. The summed E-state index contributed by atoms with van der Waals surface area (Å²) in [6.45, 7) is 2.64. The number of hydrogen-bond donors (Lipinski definition) is 1. The van der Waals surface area contributed by atoms with Crippen molar-refractivity contribution in [1.29, 1.82) is 0 Å². The van der Waals surface area contributed by atoms with Gasteiger partial charge >= 0.3 is 0 Å². The summed E-state index contributed by atoms with van der Waals surface area (Å²) in [6, 6.07) is 0. The van der Waals surface area contributed by atoms with E-state index < -0.39 is 6.10 Å². The van der Waals surface area contributed by atoms with Crippen LogP contribution in [0.5, 0.6) is 0 Å². The number of rotatable bonds is 5. The fourth-order valence-corrected chi connectivity index (χ4v) is 3.69. The van der Waals surface area contributed by atoms with Gasteiger partial charge in [-0.3, -0.25) is 4.79 Å². The van der Waals surface area contributed by atoms with Crippen molar-refractivity contribution in [1.82, 2.24) is 10.3 Å². The maximum Gasteiger partial charge on any atom is 0.264 e. The Morgan fingerprint density at radius 1 is 1.50 bits per heavy atom. The second-order valence-corrected chi connectivity index (χ2v) is 6.35. The molecule has 1 aliphatic carbocycles. The average Bonchev–Trinajstić information content (AvgIpc) is 3.13. The molecule has 2 aliphatic rings. The van der Waals surface area contributed by atoms with E-state index in [0.717, 1.165) is 30.0 Å². The number of nitrogens with one attached hydrogen (secondary N) is 1. The van der Waals surface area contributed by atoms with Gasteiger partial charge in [0.2, 0.25) is 6.10 Å². The Morgan fingerprint density at radius 2 is 2.40 bits per heavy atom. The van der Waals surface area contributed by atoms with Gasteiger partial charge in [-0.25, -0.2) is 4.98 Å². The van der Waals surface area contributed by atoms with Crippen LogP contribution in [-0.4, -0.2) is 29.3 Å². The van der Waals surface area contributed by atoms with E-state index in [1.165, 1.54) is 23.4 Å². The highest BCUT2D eigenvalue weighted by molar-refractivity contribution is 7.11. The van der Waals surface area contributed by atoms with Crippen molar-refractivity contribution < 1.29 is 9.63 Å². The second kappa shape index (κ2) is 5.91. The van der Waals surface area contributed by atoms with Gasteiger partial charge in [0, 0.05) is 24.3 Å². The number of aromatic nitrogens is 1. The van der Waals surface area contributed by atoms with Crippen LogP contribution >= 0.6 is 11.3 Å². The Labute approximate surface area is 122 Å². The zero-order valence-corrected chi connectivity index (χ0v) is 12.5. The van der Waals surface area contributed by atoms with E-state index >= 15 is 0 Å². The number of carbonyl (C=O) groups is 1. The smallest absolute Gasteiger partial charge is 0.264 e. The molecule has 0 saturated heterocycles. The molecule has 108 valence electrons. The molecule has 3 rings (SSSR count). The standard InChI is InChI=1S/C14H19N3O2S/c1-2-9-8-11(19-17-9)14(18)15-7-6-13-16-10-4-3-5-12(10)20-13/h11H,2-8H2,1H3,(H,15,18)/t11-/m1/s1. The molecule has 6 heteroatoms. The summed E-state index contributed by atoms with van der Waals surface area (Å²) in [6.07, 6.45) is 5.35. The summed E-state index contributed by atoms with van der Waals surface area (Å²) < 4.78 is 0. The lowest BCUT2D eigenvalue weighted by molar-refractivity contribution is -0.131. The number of hydrogen-bond acceptors (Lipinski definition) is 5. The lowest BCUT2D eigenvalue weighted by Gasteiger charge is -2.08. The van der Waals surface area contributed by atoms with Crippen LogP contribution in [0, 0.1) is 0 Å². The minimum Gasteiger partial charge on any atom is -0.382 e. The maximum absolute atomic E-state index is 11.9. The number of aryl methyl sites for hydroxylation is 2. The van der Waals surface area contributed by atoms with Gasteiger partial charge in [0.05, 0.1) is 16.4 Å². The minimum absolute atomic E-state index is 0.0682. The summed E-state index contributed by atoms with van der Waals surface area (Å²) in [5, 5.41) is 7.95. The van der Waals surface area contributed by atoms with Gasteiger partial charge in [-0.1, -0.05) is 12.1 Å². The van der Waals surface area contributed by atoms with Crippen molar-refractivity contribution >= 4 is 23.0 Å². The van der Waals surface area contributed by atoms with E-state index in [-0.39, 0.29) is 5.91 Å². The molecular weight excluding hydrogens is 274 g/mol. The third kappa shape index (κ3) is 2.85. The van der Waals surface area contributed by atoms with Gasteiger partial charge in [0.15, 0.2) is 0 Å². The Bertz CT molecular complexity index is 517. The molecule has 0 unspecified atom stereocenters. The summed E-state index contributed by atoms with van der Waals surface area (Å²) in [4.78, 5) is 23.1. The fraction of sp³-hybridized carbons (Fsp3) is 0.643. The molecule has 1 atom stereocenters. The summed E-state index contributed by atoms with van der Waals surface area (Å²) in [7, 11) is 0. The molecule has 0 bridgehead atoms. The molecule has 0 fully saturated rings. The van der Waals surface area contributed by atoms with Gasteiger partial charge in [-0.15, -0.1) is 11.3 Å². The lowest BCUT2D eigenvalue weighted by Crippen LogP contribution is -2.35. The fourth-order valence-electron chi connectivity index (χ4n) is 2.53. The van der Waals surface area contributed by atoms with Crippen molar-refractivity contribution in [3.05, 3.63) is 15.6 Å².